The number of esters is 1. The van der Waals surface area contributed by atoms with Gasteiger partial charge in [-0.05, 0) is 37.5 Å². The van der Waals surface area contributed by atoms with Crippen LogP contribution in [0.4, 0.5) is 4.79 Å². The Morgan fingerprint density at radius 2 is 1.82 bits per heavy atom. The van der Waals surface area contributed by atoms with Gasteiger partial charge in [0.05, 0.1) is 25.2 Å². The number of amides is 2. The molecule has 2 heterocycles. The first-order valence-corrected chi connectivity index (χ1v) is 11.4. The number of carbonyl (C=O) groups excluding carboxylic acids is 3. The van der Waals surface area contributed by atoms with E-state index in [1.807, 2.05) is 0 Å². The monoisotopic (exact) mass is 418 g/mol. The Kier molecular flexibility index (Phi) is 6.95. The number of carbonyl (C=O) groups is 3. The first kappa shape index (κ1) is 22.4. The normalized spacial score (nSPS) is 24.0. The SMILES string of the molecule is CCOC(=O)C1CC2(CCS(=O)(=O)CC2)CN1C(=O)[C@@H](NC(=O)OC)C(C)C. The van der Waals surface area contributed by atoms with E-state index >= 15 is 0 Å². The summed E-state index contributed by atoms with van der Waals surface area (Å²) in [5, 5.41) is 2.54. The predicted molar refractivity (Wildman–Crippen MR) is 101 cm³/mol. The van der Waals surface area contributed by atoms with Gasteiger partial charge in [0.1, 0.15) is 21.9 Å². The number of hydrogen-bond donors (Lipinski definition) is 1. The Hall–Kier alpha value is -1.84. The highest BCUT2D eigenvalue weighted by Gasteiger charge is 2.52. The van der Waals surface area contributed by atoms with E-state index in [-0.39, 0.29) is 36.5 Å². The highest BCUT2D eigenvalue weighted by molar-refractivity contribution is 7.91. The van der Waals surface area contributed by atoms with Crippen LogP contribution in [0.25, 0.3) is 0 Å². The number of nitrogens with zero attached hydrogens (tertiary/aromatic N) is 1. The lowest BCUT2D eigenvalue weighted by Crippen LogP contribution is -2.54. The summed E-state index contributed by atoms with van der Waals surface area (Å²) in [4.78, 5) is 38.9. The number of methoxy groups -OCH3 is 1. The first-order valence-electron chi connectivity index (χ1n) is 9.56. The summed E-state index contributed by atoms with van der Waals surface area (Å²) < 4.78 is 33.5. The highest BCUT2D eigenvalue weighted by Crippen LogP contribution is 2.44. The van der Waals surface area contributed by atoms with Crippen molar-refractivity contribution in [3.63, 3.8) is 0 Å². The summed E-state index contributed by atoms with van der Waals surface area (Å²) in [6.45, 7) is 5.73. The smallest absolute Gasteiger partial charge is 0.407 e. The summed E-state index contributed by atoms with van der Waals surface area (Å²) in [5.74, 6) is -1.000. The summed E-state index contributed by atoms with van der Waals surface area (Å²) in [7, 11) is -1.86. The number of nitrogens with one attached hydrogen (secondary N) is 1. The molecule has 1 N–H and O–H groups in total. The molecule has 1 unspecified atom stereocenters. The maximum atomic E-state index is 13.2. The minimum absolute atomic E-state index is 0.0542. The van der Waals surface area contributed by atoms with Crippen molar-refractivity contribution in [2.75, 3.05) is 31.8 Å². The van der Waals surface area contributed by atoms with Crippen LogP contribution in [0.2, 0.25) is 0 Å². The van der Waals surface area contributed by atoms with Gasteiger partial charge in [-0.1, -0.05) is 13.8 Å². The molecule has 0 saturated carbocycles. The second-order valence-electron chi connectivity index (χ2n) is 7.95. The van der Waals surface area contributed by atoms with Crippen LogP contribution < -0.4 is 5.32 Å². The fourth-order valence-electron chi connectivity index (χ4n) is 3.95. The molecule has 0 aromatic heterocycles. The van der Waals surface area contributed by atoms with Crippen LogP contribution in [0.3, 0.4) is 0 Å². The van der Waals surface area contributed by atoms with Gasteiger partial charge >= 0.3 is 12.1 Å². The fraction of sp³-hybridized carbons (Fsp3) is 0.833. The molecule has 1 spiro atoms. The molecule has 10 heteroatoms. The zero-order valence-corrected chi connectivity index (χ0v) is 17.7. The summed E-state index contributed by atoms with van der Waals surface area (Å²) in [6, 6.07) is -1.64. The number of alkyl carbamates (subject to hydrolysis) is 1. The third-order valence-corrected chi connectivity index (χ3v) is 7.28. The Bertz CT molecular complexity index is 705. The zero-order valence-electron chi connectivity index (χ0n) is 16.9. The second-order valence-corrected chi connectivity index (χ2v) is 10.3. The largest absolute Gasteiger partial charge is 0.464 e. The van der Waals surface area contributed by atoms with Gasteiger partial charge in [0.25, 0.3) is 0 Å². The molecule has 28 heavy (non-hydrogen) atoms. The number of ether oxygens (including phenoxy) is 2. The van der Waals surface area contributed by atoms with E-state index in [4.69, 9.17) is 4.74 Å². The highest BCUT2D eigenvalue weighted by atomic mass is 32.2. The Morgan fingerprint density at radius 1 is 1.21 bits per heavy atom. The molecule has 2 rings (SSSR count). The molecule has 2 aliphatic heterocycles. The number of rotatable bonds is 5. The number of hydrogen-bond acceptors (Lipinski definition) is 7. The van der Waals surface area contributed by atoms with E-state index < -0.39 is 39.4 Å². The molecule has 160 valence electrons. The third kappa shape index (κ3) is 4.95. The van der Waals surface area contributed by atoms with E-state index in [1.165, 1.54) is 12.0 Å². The van der Waals surface area contributed by atoms with Gasteiger partial charge < -0.3 is 19.7 Å². The fourth-order valence-corrected chi connectivity index (χ4v) is 5.64. The molecular weight excluding hydrogens is 388 g/mol. The van der Waals surface area contributed by atoms with Crippen LogP contribution in [-0.2, 0) is 28.9 Å². The van der Waals surface area contributed by atoms with Crippen LogP contribution in [0.1, 0.15) is 40.0 Å². The van der Waals surface area contributed by atoms with Crippen molar-refractivity contribution in [3.8, 4) is 0 Å². The molecule has 2 saturated heterocycles. The maximum absolute atomic E-state index is 13.2. The summed E-state index contributed by atoms with van der Waals surface area (Å²) in [6.07, 6.45) is 0.464. The standard InChI is InChI=1S/C18H30N2O7S/c1-5-27-16(22)13-10-18(6-8-28(24,25)9-7-18)11-20(13)15(21)14(12(2)3)19-17(23)26-4/h12-14H,5-11H2,1-4H3,(H,19,23)/t13?,14-/m0/s1. The Labute approximate surface area is 166 Å². The van der Waals surface area contributed by atoms with Crippen molar-refractivity contribution < 1.29 is 32.3 Å². The molecule has 9 nitrogen and oxygen atoms in total. The topological polar surface area (TPSA) is 119 Å². The van der Waals surface area contributed by atoms with Crippen LogP contribution >= 0.6 is 0 Å². The number of likely N-dealkylation sites (tertiary alicyclic amines) is 1. The lowest BCUT2D eigenvalue weighted by Gasteiger charge is -2.33. The second kappa shape index (κ2) is 8.67. The van der Waals surface area contributed by atoms with Gasteiger partial charge in [-0.2, -0.15) is 0 Å². The quantitative estimate of drug-likeness (QED) is 0.654. The molecule has 0 aromatic rings. The number of sulfone groups is 1. The molecule has 2 amide bonds. The zero-order chi connectivity index (χ0) is 21.1. The van der Waals surface area contributed by atoms with Crippen LogP contribution in [0, 0.1) is 11.3 Å². The van der Waals surface area contributed by atoms with E-state index in [0.717, 1.165) is 0 Å². The van der Waals surface area contributed by atoms with E-state index in [0.29, 0.717) is 19.3 Å². The summed E-state index contributed by atoms with van der Waals surface area (Å²) >= 11 is 0. The molecule has 2 aliphatic rings. The molecule has 0 radical (unpaired) electrons. The van der Waals surface area contributed by atoms with Crippen molar-refractivity contribution >= 4 is 27.8 Å². The van der Waals surface area contributed by atoms with Crippen molar-refractivity contribution in [2.45, 2.75) is 52.1 Å². The van der Waals surface area contributed by atoms with E-state index in [1.54, 1.807) is 20.8 Å². The van der Waals surface area contributed by atoms with Gasteiger partial charge in [-0.15, -0.1) is 0 Å². The molecule has 0 aliphatic carbocycles. The van der Waals surface area contributed by atoms with Crippen LogP contribution in [0.5, 0.6) is 0 Å². The van der Waals surface area contributed by atoms with Gasteiger partial charge in [0.2, 0.25) is 5.91 Å². The van der Waals surface area contributed by atoms with E-state index in [9.17, 15) is 22.8 Å². The summed E-state index contributed by atoms with van der Waals surface area (Å²) in [5.41, 5.74) is -0.425. The third-order valence-electron chi connectivity index (χ3n) is 5.63. The molecular formula is C18H30N2O7S. The van der Waals surface area contributed by atoms with Gasteiger partial charge in [-0.3, -0.25) is 4.79 Å². The van der Waals surface area contributed by atoms with Crippen molar-refractivity contribution in [2.24, 2.45) is 11.3 Å². The van der Waals surface area contributed by atoms with Crippen LogP contribution in [0.15, 0.2) is 0 Å². The Balaban J connectivity index is 2.28. The predicted octanol–water partition coefficient (Wildman–Crippen LogP) is 0.726. The minimum atomic E-state index is -3.07. The first-order chi connectivity index (χ1) is 13.0. The van der Waals surface area contributed by atoms with Gasteiger partial charge in [0.15, 0.2) is 0 Å². The molecule has 2 fully saturated rings. The van der Waals surface area contributed by atoms with Crippen molar-refractivity contribution in [3.05, 3.63) is 0 Å². The average molecular weight is 419 g/mol. The minimum Gasteiger partial charge on any atom is -0.464 e. The molecule has 0 bridgehead atoms. The maximum Gasteiger partial charge on any atom is 0.407 e. The van der Waals surface area contributed by atoms with Gasteiger partial charge in [-0.25, -0.2) is 18.0 Å². The van der Waals surface area contributed by atoms with Crippen molar-refractivity contribution in [1.29, 1.82) is 0 Å². The molecule has 0 aromatic carbocycles. The average Bonchev–Trinajstić information content (AvgIpc) is 3.02. The lowest BCUT2D eigenvalue weighted by atomic mass is 9.80. The lowest BCUT2D eigenvalue weighted by molar-refractivity contribution is -0.153. The Morgan fingerprint density at radius 3 is 2.32 bits per heavy atom. The molecule has 2 atom stereocenters. The van der Waals surface area contributed by atoms with Crippen molar-refractivity contribution in [1.82, 2.24) is 10.2 Å². The van der Waals surface area contributed by atoms with Crippen LogP contribution in [-0.4, -0.2) is 75.1 Å². The van der Waals surface area contributed by atoms with E-state index in [2.05, 4.69) is 10.1 Å². The van der Waals surface area contributed by atoms with Gasteiger partial charge in [0, 0.05) is 6.54 Å².